The Kier molecular flexibility index (Phi) is 9.73. The first-order valence-corrected chi connectivity index (χ1v) is 9.01. The van der Waals surface area contributed by atoms with E-state index >= 15 is 0 Å². The van der Waals surface area contributed by atoms with Gasteiger partial charge in [0.15, 0.2) is 0 Å². The average Bonchev–Trinajstić information content (AvgIpc) is 3.46. The number of carboxylic acids is 2. The predicted molar refractivity (Wildman–Crippen MR) is 101 cm³/mol. The fraction of sp³-hybridized carbons (Fsp3) is 0.450. The number of carbonyl (C=O) groups is 3. The summed E-state index contributed by atoms with van der Waals surface area (Å²) in [6.07, 6.45) is 7.21. The fourth-order valence-corrected chi connectivity index (χ4v) is 2.96. The molecule has 2 unspecified atom stereocenters. The second kappa shape index (κ2) is 11.8. The van der Waals surface area contributed by atoms with Crippen LogP contribution in [0.2, 0.25) is 0 Å². The minimum Gasteiger partial charge on any atom is -0.508 e. The Labute approximate surface area is 162 Å². The Hall–Kier alpha value is -2.87. The van der Waals surface area contributed by atoms with Crippen molar-refractivity contribution >= 4 is 24.5 Å². The first-order chi connectivity index (χ1) is 13.3. The van der Waals surface area contributed by atoms with Crippen molar-refractivity contribution in [1.82, 2.24) is 0 Å². The summed E-state index contributed by atoms with van der Waals surface area (Å²) in [6, 6.07) is 5.30. The standard InChI is InChI=1S/C12H12O3.C7H12O3.CH2O2/c13-11-7-8(2-6-12(14)15)1-5-10(11)9-3-4-9;8-6-3-1-2-5(4-6)7(9)10;2-1-3/h1-2,5-7,9,13H,3-4H2,(H,14,15);5-6,8H,1-4H2,(H,9,10);1H,(H,2,3)/b6-2+;;. The number of hydrogen-bond acceptors (Lipinski definition) is 5. The van der Waals surface area contributed by atoms with Crippen molar-refractivity contribution in [2.24, 2.45) is 5.92 Å². The molecule has 154 valence electrons. The molecule has 0 bridgehead atoms. The summed E-state index contributed by atoms with van der Waals surface area (Å²) in [7, 11) is 0. The van der Waals surface area contributed by atoms with Gasteiger partial charge in [-0.25, -0.2) is 4.79 Å². The second-order valence-electron chi connectivity index (χ2n) is 6.73. The van der Waals surface area contributed by atoms with Gasteiger partial charge in [-0.3, -0.25) is 9.59 Å². The molecule has 28 heavy (non-hydrogen) atoms. The number of carboxylic acid groups (broad SMARTS) is 3. The van der Waals surface area contributed by atoms with Crippen molar-refractivity contribution < 1.29 is 39.9 Å². The van der Waals surface area contributed by atoms with E-state index in [9.17, 15) is 14.7 Å². The highest BCUT2D eigenvalue weighted by Crippen LogP contribution is 2.44. The Balaban J connectivity index is 0.000000261. The van der Waals surface area contributed by atoms with Crippen molar-refractivity contribution in [2.75, 3.05) is 0 Å². The van der Waals surface area contributed by atoms with Gasteiger partial charge in [0, 0.05) is 6.08 Å². The number of aliphatic hydroxyl groups excluding tert-OH is 1. The van der Waals surface area contributed by atoms with E-state index in [2.05, 4.69) is 0 Å². The monoisotopic (exact) mass is 394 g/mol. The number of hydrogen-bond donors (Lipinski definition) is 5. The summed E-state index contributed by atoms with van der Waals surface area (Å²) < 4.78 is 0. The van der Waals surface area contributed by atoms with Gasteiger partial charge >= 0.3 is 11.9 Å². The normalized spacial score (nSPS) is 20.9. The predicted octanol–water partition coefficient (Wildman–Crippen LogP) is 2.69. The molecule has 2 aliphatic carbocycles. The molecule has 2 fully saturated rings. The van der Waals surface area contributed by atoms with E-state index in [1.807, 2.05) is 12.1 Å². The number of benzene rings is 1. The molecule has 0 aromatic heterocycles. The van der Waals surface area contributed by atoms with Crippen LogP contribution in [-0.2, 0) is 14.4 Å². The molecule has 8 nitrogen and oxygen atoms in total. The topological polar surface area (TPSA) is 152 Å². The molecule has 2 aliphatic rings. The Bertz CT molecular complexity index is 693. The molecule has 2 atom stereocenters. The smallest absolute Gasteiger partial charge is 0.328 e. The maximum Gasteiger partial charge on any atom is 0.328 e. The summed E-state index contributed by atoms with van der Waals surface area (Å²) in [4.78, 5) is 29.0. The van der Waals surface area contributed by atoms with Crippen LogP contribution in [0.5, 0.6) is 5.75 Å². The van der Waals surface area contributed by atoms with Gasteiger partial charge in [0.25, 0.3) is 6.47 Å². The maximum atomic E-state index is 10.4. The molecule has 2 saturated carbocycles. The quantitative estimate of drug-likeness (QED) is 0.386. The zero-order valence-corrected chi connectivity index (χ0v) is 15.4. The van der Waals surface area contributed by atoms with Crippen LogP contribution in [0.3, 0.4) is 0 Å². The fourth-order valence-electron chi connectivity index (χ4n) is 2.96. The number of aliphatic hydroxyl groups is 1. The third-order valence-corrected chi connectivity index (χ3v) is 4.49. The molecule has 0 amide bonds. The lowest BCUT2D eigenvalue weighted by Gasteiger charge is -2.21. The Morgan fingerprint density at radius 1 is 1.07 bits per heavy atom. The van der Waals surface area contributed by atoms with Crippen LogP contribution in [0.1, 0.15) is 55.6 Å². The van der Waals surface area contributed by atoms with E-state index in [1.54, 1.807) is 6.07 Å². The van der Waals surface area contributed by atoms with Gasteiger partial charge in [-0.05, 0) is 61.3 Å². The maximum absolute atomic E-state index is 10.4. The molecule has 0 saturated heterocycles. The third-order valence-electron chi connectivity index (χ3n) is 4.49. The molecule has 0 heterocycles. The van der Waals surface area contributed by atoms with Crippen molar-refractivity contribution in [2.45, 2.75) is 50.5 Å². The molecular weight excluding hydrogens is 368 g/mol. The average molecular weight is 394 g/mol. The molecule has 5 N–H and O–H groups in total. The van der Waals surface area contributed by atoms with Gasteiger partial charge in [-0.2, -0.15) is 0 Å². The van der Waals surface area contributed by atoms with Crippen LogP contribution in [0, 0.1) is 5.92 Å². The Morgan fingerprint density at radius 2 is 1.71 bits per heavy atom. The van der Waals surface area contributed by atoms with E-state index in [4.69, 9.17) is 25.2 Å². The van der Waals surface area contributed by atoms with Crippen LogP contribution >= 0.6 is 0 Å². The van der Waals surface area contributed by atoms with Crippen LogP contribution in [-0.4, -0.2) is 50.0 Å². The molecule has 3 rings (SSSR count). The lowest BCUT2D eigenvalue weighted by molar-refractivity contribution is -0.144. The van der Waals surface area contributed by atoms with Gasteiger partial charge in [0.2, 0.25) is 0 Å². The number of aliphatic carboxylic acids is 2. The number of phenols is 1. The minimum absolute atomic E-state index is 0.250. The number of phenolic OH excluding ortho intramolecular Hbond substituents is 1. The minimum atomic E-state index is -0.985. The van der Waals surface area contributed by atoms with Gasteiger partial charge in [0.05, 0.1) is 12.0 Å². The van der Waals surface area contributed by atoms with Crippen molar-refractivity contribution in [3.05, 3.63) is 35.4 Å². The second-order valence-corrected chi connectivity index (χ2v) is 6.73. The van der Waals surface area contributed by atoms with E-state index in [0.29, 0.717) is 17.9 Å². The van der Waals surface area contributed by atoms with E-state index in [-0.39, 0.29) is 24.2 Å². The van der Waals surface area contributed by atoms with Crippen molar-refractivity contribution in [3.63, 3.8) is 0 Å². The van der Waals surface area contributed by atoms with E-state index in [0.717, 1.165) is 43.7 Å². The van der Waals surface area contributed by atoms with Crippen LogP contribution in [0.15, 0.2) is 24.3 Å². The highest BCUT2D eigenvalue weighted by atomic mass is 16.4. The highest BCUT2D eigenvalue weighted by molar-refractivity contribution is 5.85. The molecular formula is C20H26O8. The summed E-state index contributed by atoms with van der Waals surface area (Å²) in [5.74, 6) is -1.28. The van der Waals surface area contributed by atoms with Crippen molar-refractivity contribution in [3.8, 4) is 5.75 Å². The zero-order valence-electron chi connectivity index (χ0n) is 15.4. The summed E-state index contributed by atoms with van der Waals surface area (Å²) in [5.41, 5.74) is 1.68. The summed E-state index contributed by atoms with van der Waals surface area (Å²) in [5, 5.41) is 42.6. The highest BCUT2D eigenvalue weighted by Gasteiger charge is 2.26. The van der Waals surface area contributed by atoms with E-state index < -0.39 is 11.9 Å². The van der Waals surface area contributed by atoms with Crippen LogP contribution in [0.4, 0.5) is 0 Å². The lowest BCUT2D eigenvalue weighted by Crippen LogP contribution is -2.25. The Morgan fingerprint density at radius 3 is 2.14 bits per heavy atom. The van der Waals surface area contributed by atoms with Crippen molar-refractivity contribution in [1.29, 1.82) is 0 Å². The summed E-state index contributed by atoms with van der Waals surface area (Å²) >= 11 is 0. The zero-order chi connectivity index (χ0) is 21.1. The molecule has 8 heteroatoms. The molecule has 1 aromatic rings. The first kappa shape index (κ1) is 23.2. The number of rotatable bonds is 4. The first-order valence-electron chi connectivity index (χ1n) is 9.01. The number of aromatic hydroxyl groups is 1. The van der Waals surface area contributed by atoms with Gasteiger partial charge in [-0.1, -0.05) is 18.6 Å². The largest absolute Gasteiger partial charge is 0.508 e. The van der Waals surface area contributed by atoms with Gasteiger partial charge in [0.1, 0.15) is 5.75 Å². The lowest BCUT2D eigenvalue weighted by atomic mass is 9.87. The van der Waals surface area contributed by atoms with Crippen LogP contribution < -0.4 is 0 Å². The third kappa shape index (κ3) is 8.68. The SMILES string of the molecule is O=C(O)/C=C/c1ccc(C2CC2)c(O)c1.O=C(O)C1CCCC(O)C1.O=CO. The molecule has 0 spiro atoms. The van der Waals surface area contributed by atoms with E-state index in [1.165, 1.54) is 6.08 Å². The molecule has 0 radical (unpaired) electrons. The van der Waals surface area contributed by atoms with Crippen LogP contribution in [0.25, 0.3) is 6.08 Å². The molecule has 1 aromatic carbocycles. The van der Waals surface area contributed by atoms with Gasteiger partial charge in [-0.15, -0.1) is 0 Å². The summed E-state index contributed by atoms with van der Waals surface area (Å²) in [6.45, 7) is -0.250. The van der Waals surface area contributed by atoms with Gasteiger partial charge < -0.3 is 25.5 Å². The molecule has 0 aliphatic heterocycles.